The molecule has 0 radical (unpaired) electrons. The third-order valence-electron chi connectivity index (χ3n) is 3.97. The van der Waals surface area contributed by atoms with E-state index >= 15 is 0 Å². The smallest absolute Gasteiger partial charge is 0.244 e. The third kappa shape index (κ3) is 5.14. The van der Waals surface area contributed by atoms with Crippen LogP contribution in [0, 0.1) is 6.92 Å². The second-order valence-electron chi connectivity index (χ2n) is 6.15. The molecule has 0 saturated heterocycles. The summed E-state index contributed by atoms with van der Waals surface area (Å²) >= 11 is 3.46. The predicted molar refractivity (Wildman–Crippen MR) is 106 cm³/mol. The van der Waals surface area contributed by atoms with Crippen molar-refractivity contribution in [3.05, 3.63) is 63.6 Å². The highest BCUT2D eigenvalue weighted by Crippen LogP contribution is 2.30. The number of sulfonamides is 1. The first-order valence-electron chi connectivity index (χ1n) is 8.36. The Morgan fingerprint density at radius 2 is 1.80 bits per heavy atom. The average molecular weight is 425 g/mol. The SMILES string of the molecule is CCCNCc1cc(C)c(Br)c(S(=O)(=O)N(C)Cc2ccccc2)c1. The normalized spacial score (nSPS) is 11.9. The van der Waals surface area contributed by atoms with E-state index in [4.69, 9.17) is 0 Å². The molecule has 0 saturated carbocycles. The van der Waals surface area contributed by atoms with Gasteiger partial charge >= 0.3 is 0 Å². The largest absolute Gasteiger partial charge is 0.313 e. The summed E-state index contributed by atoms with van der Waals surface area (Å²) in [6.45, 7) is 5.93. The molecule has 0 atom stereocenters. The molecule has 0 fully saturated rings. The zero-order chi connectivity index (χ0) is 18.4. The number of benzene rings is 2. The Morgan fingerprint density at radius 3 is 2.44 bits per heavy atom. The van der Waals surface area contributed by atoms with Gasteiger partial charge in [0.15, 0.2) is 0 Å². The Balaban J connectivity index is 2.30. The van der Waals surface area contributed by atoms with Crippen molar-refractivity contribution >= 4 is 26.0 Å². The minimum atomic E-state index is -3.58. The van der Waals surface area contributed by atoms with Crippen LogP contribution in [0.2, 0.25) is 0 Å². The molecule has 0 aromatic heterocycles. The van der Waals surface area contributed by atoms with E-state index in [1.807, 2.05) is 43.3 Å². The van der Waals surface area contributed by atoms with Crippen molar-refractivity contribution in [3.8, 4) is 0 Å². The van der Waals surface area contributed by atoms with Gasteiger partial charge in [-0.3, -0.25) is 0 Å². The summed E-state index contributed by atoms with van der Waals surface area (Å²) in [7, 11) is -1.97. The van der Waals surface area contributed by atoms with E-state index in [2.05, 4.69) is 28.2 Å². The lowest BCUT2D eigenvalue weighted by Crippen LogP contribution is -2.27. The Morgan fingerprint density at radius 1 is 1.12 bits per heavy atom. The van der Waals surface area contributed by atoms with Gasteiger partial charge in [-0.25, -0.2) is 8.42 Å². The first kappa shape index (κ1) is 20.1. The molecule has 0 spiro atoms. The Hall–Kier alpha value is -1.21. The molecule has 1 N–H and O–H groups in total. The molecule has 2 aromatic carbocycles. The van der Waals surface area contributed by atoms with Gasteiger partial charge in [-0.05, 0) is 58.6 Å². The van der Waals surface area contributed by atoms with Crippen molar-refractivity contribution in [2.75, 3.05) is 13.6 Å². The van der Waals surface area contributed by atoms with E-state index in [1.54, 1.807) is 13.1 Å². The fourth-order valence-electron chi connectivity index (χ4n) is 2.60. The second kappa shape index (κ2) is 8.94. The summed E-state index contributed by atoms with van der Waals surface area (Å²) in [4.78, 5) is 0.319. The Labute approximate surface area is 159 Å². The van der Waals surface area contributed by atoms with Gasteiger partial charge in [0.05, 0.1) is 4.90 Å². The summed E-state index contributed by atoms with van der Waals surface area (Å²) in [5.41, 5.74) is 2.85. The number of hydrogen-bond donors (Lipinski definition) is 1. The van der Waals surface area contributed by atoms with Crippen LogP contribution < -0.4 is 5.32 Å². The van der Waals surface area contributed by atoms with Crippen LogP contribution in [-0.2, 0) is 23.1 Å². The maximum atomic E-state index is 13.1. The van der Waals surface area contributed by atoms with Gasteiger partial charge in [-0.15, -0.1) is 0 Å². The molecule has 0 aliphatic heterocycles. The van der Waals surface area contributed by atoms with E-state index in [-0.39, 0.29) is 0 Å². The minimum Gasteiger partial charge on any atom is -0.313 e. The van der Waals surface area contributed by atoms with E-state index in [1.165, 1.54) is 4.31 Å². The van der Waals surface area contributed by atoms with Crippen LogP contribution in [0.1, 0.15) is 30.0 Å². The van der Waals surface area contributed by atoms with Crippen LogP contribution in [0.3, 0.4) is 0 Å². The molecule has 2 aromatic rings. The van der Waals surface area contributed by atoms with Crippen LogP contribution in [-0.4, -0.2) is 26.3 Å². The topological polar surface area (TPSA) is 49.4 Å². The van der Waals surface area contributed by atoms with Crippen molar-refractivity contribution in [1.82, 2.24) is 9.62 Å². The van der Waals surface area contributed by atoms with Crippen LogP contribution in [0.25, 0.3) is 0 Å². The third-order valence-corrected chi connectivity index (χ3v) is 7.12. The minimum absolute atomic E-state index is 0.319. The zero-order valence-electron chi connectivity index (χ0n) is 14.9. The van der Waals surface area contributed by atoms with Crippen molar-refractivity contribution in [1.29, 1.82) is 0 Å². The summed E-state index contributed by atoms with van der Waals surface area (Å²) < 4.78 is 28.2. The van der Waals surface area contributed by atoms with Gasteiger partial charge in [0, 0.05) is 24.6 Å². The molecule has 25 heavy (non-hydrogen) atoms. The molecule has 136 valence electrons. The van der Waals surface area contributed by atoms with Crippen LogP contribution in [0.5, 0.6) is 0 Å². The predicted octanol–water partition coefficient (Wildman–Crippen LogP) is 4.08. The average Bonchev–Trinajstić information content (AvgIpc) is 2.58. The molecule has 2 rings (SSSR count). The summed E-state index contributed by atoms with van der Waals surface area (Å²) in [6.07, 6.45) is 1.04. The van der Waals surface area contributed by atoms with E-state index in [9.17, 15) is 8.42 Å². The maximum Gasteiger partial charge on any atom is 0.244 e. The van der Waals surface area contributed by atoms with Crippen molar-refractivity contribution in [2.45, 2.75) is 38.3 Å². The van der Waals surface area contributed by atoms with Crippen molar-refractivity contribution in [3.63, 3.8) is 0 Å². The monoisotopic (exact) mass is 424 g/mol. The van der Waals surface area contributed by atoms with Gasteiger partial charge in [0.2, 0.25) is 10.0 Å². The summed E-state index contributed by atoms with van der Waals surface area (Å²) in [5, 5.41) is 3.32. The summed E-state index contributed by atoms with van der Waals surface area (Å²) in [5.74, 6) is 0. The number of nitrogens with one attached hydrogen (secondary N) is 1. The number of hydrogen-bond acceptors (Lipinski definition) is 3. The van der Waals surface area contributed by atoms with Crippen LogP contribution in [0.4, 0.5) is 0 Å². The quantitative estimate of drug-likeness (QED) is 0.649. The highest BCUT2D eigenvalue weighted by atomic mass is 79.9. The molecular formula is C19H25BrN2O2S. The van der Waals surface area contributed by atoms with E-state index in [0.717, 1.165) is 29.7 Å². The Bertz CT molecular complexity index is 808. The van der Waals surface area contributed by atoms with Gasteiger partial charge in [-0.1, -0.05) is 43.3 Å². The molecule has 4 nitrogen and oxygen atoms in total. The van der Waals surface area contributed by atoms with E-state index in [0.29, 0.717) is 22.5 Å². The van der Waals surface area contributed by atoms with Crippen molar-refractivity contribution in [2.24, 2.45) is 0 Å². The van der Waals surface area contributed by atoms with Crippen molar-refractivity contribution < 1.29 is 8.42 Å². The molecular weight excluding hydrogens is 400 g/mol. The number of halogens is 1. The van der Waals surface area contributed by atoms with Gasteiger partial charge < -0.3 is 5.32 Å². The van der Waals surface area contributed by atoms with Gasteiger partial charge in [-0.2, -0.15) is 4.31 Å². The second-order valence-corrected chi connectivity index (χ2v) is 8.95. The molecule has 0 amide bonds. The lowest BCUT2D eigenvalue weighted by Gasteiger charge is -2.20. The number of aryl methyl sites for hydroxylation is 1. The Kier molecular flexibility index (Phi) is 7.19. The lowest BCUT2D eigenvalue weighted by molar-refractivity contribution is 0.466. The molecule has 0 bridgehead atoms. The zero-order valence-corrected chi connectivity index (χ0v) is 17.3. The maximum absolute atomic E-state index is 13.1. The highest BCUT2D eigenvalue weighted by molar-refractivity contribution is 9.10. The molecule has 0 aliphatic rings. The van der Waals surface area contributed by atoms with Crippen LogP contribution >= 0.6 is 15.9 Å². The molecule has 0 aliphatic carbocycles. The molecule has 0 unspecified atom stereocenters. The highest BCUT2D eigenvalue weighted by Gasteiger charge is 2.25. The lowest BCUT2D eigenvalue weighted by atomic mass is 10.1. The van der Waals surface area contributed by atoms with E-state index < -0.39 is 10.0 Å². The fourth-order valence-corrected chi connectivity index (χ4v) is 4.79. The first-order chi connectivity index (χ1) is 11.9. The van der Waals surface area contributed by atoms with Gasteiger partial charge in [0.1, 0.15) is 0 Å². The molecule has 6 heteroatoms. The summed E-state index contributed by atoms with van der Waals surface area (Å²) in [6, 6.07) is 13.4. The fraction of sp³-hybridized carbons (Fsp3) is 0.368. The van der Waals surface area contributed by atoms with Crippen LogP contribution in [0.15, 0.2) is 51.8 Å². The van der Waals surface area contributed by atoms with Gasteiger partial charge in [0.25, 0.3) is 0 Å². The first-order valence-corrected chi connectivity index (χ1v) is 10.6. The standard InChI is InChI=1S/C19H25BrN2O2S/c1-4-10-21-13-17-11-15(2)19(20)18(12-17)25(23,24)22(3)14-16-8-6-5-7-9-16/h5-9,11-12,21H,4,10,13-14H2,1-3H3. The molecule has 0 heterocycles. The number of rotatable bonds is 8. The number of nitrogens with zero attached hydrogens (tertiary/aromatic N) is 1.